The van der Waals surface area contributed by atoms with Crippen molar-refractivity contribution in [3.63, 3.8) is 0 Å². The maximum atomic E-state index is 13.3. The maximum absolute atomic E-state index is 13.3. The van der Waals surface area contributed by atoms with Gasteiger partial charge in [-0.05, 0) is 38.9 Å². The molecular weight excluding hydrogens is 229 g/mol. The average molecular weight is 249 g/mol. The highest BCUT2D eigenvalue weighted by atomic mass is 19.1. The molecule has 1 atom stereocenters. The van der Waals surface area contributed by atoms with Crippen molar-refractivity contribution in [3.8, 4) is 0 Å². The first-order valence-corrected chi connectivity index (χ1v) is 6.42. The number of benzene rings is 1. The van der Waals surface area contributed by atoms with Gasteiger partial charge >= 0.3 is 0 Å². The number of rotatable bonds is 4. The standard InChI is InChI=1S/C14H20FN3/c1-9(2)18-13-5-4-11(15)8-12(13)17-14(18)10(3)6-7-16/h4-5,8-10H,6-7,16H2,1-3H3. The Morgan fingerprint density at radius 3 is 2.67 bits per heavy atom. The van der Waals surface area contributed by atoms with Crippen molar-refractivity contribution < 1.29 is 4.39 Å². The normalized spacial score (nSPS) is 13.4. The van der Waals surface area contributed by atoms with Gasteiger partial charge in [-0.2, -0.15) is 0 Å². The smallest absolute Gasteiger partial charge is 0.125 e. The van der Waals surface area contributed by atoms with Crippen molar-refractivity contribution in [3.05, 3.63) is 29.8 Å². The van der Waals surface area contributed by atoms with Gasteiger partial charge in [-0.25, -0.2) is 9.37 Å². The van der Waals surface area contributed by atoms with Crippen LogP contribution in [0.15, 0.2) is 18.2 Å². The van der Waals surface area contributed by atoms with Crippen LogP contribution in [-0.4, -0.2) is 16.1 Å². The maximum Gasteiger partial charge on any atom is 0.125 e. The summed E-state index contributed by atoms with van der Waals surface area (Å²) in [7, 11) is 0. The summed E-state index contributed by atoms with van der Waals surface area (Å²) in [4.78, 5) is 4.58. The minimum Gasteiger partial charge on any atom is -0.330 e. The van der Waals surface area contributed by atoms with E-state index in [4.69, 9.17) is 5.73 Å². The number of aromatic nitrogens is 2. The number of hydrogen-bond acceptors (Lipinski definition) is 2. The number of fused-ring (bicyclic) bond motifs is 1. The molecule has 2 rings (SSSR count). The van der Waals surface area contributed by atoms with Crippen LogP contribution < -0.4 is 5.73 Å². The van der Waals surface area contributed by atoms with Crippen LogP contribution in [0.3, 0.4) is 0 Å². The molecule has 0 saturated carbocycles. The third-order valence-corrected chi connectivity index (χ3v) is 3.24. The molecule has 0 spiro atoms. The summed E-state index contributed by atoms with van der Waals surface area (Å²) >= 11 is 0. The number of hydrogen-bond donors (Lipinski definition) is 1. The zero-order valence-corrected chi connectivity index (χ0v) is 11.2. The zero-order chi connectivity index (χ0) is 13.3. The molecule has 2 aromatic rings. The number of halogens is 1. The lowest BCUT2D eigenvalue weighted by Crippen LogP contribution is -2.12. The third kappa shape index (κ3) is 2.25. The monoisotopic (exact) mass is 249 g/mol. The molecule has 1 aromatic carbocycles. The van der Waals surface area contributed by atoms with Crippen LogP contribution in [0.25, 0.3) is 11.0 Å². The van der Waals surface area contributed by atoms with Gasteiger partial charge in [0, 0.05) is 18.0 Å². The van der Waals surface area contributed by atoms with E-state index < -0.39 is 0 Å². The lowest BCUT2D eigenvalue weighted by Gasteiger charge is -2.17. The first kappa shape index (κ1) is 13.0. The number of nitrogens with two attached hydrogens (primary N) is 1. The Bertz CT molecular complexity index is 545. The number of imidazole rings is 1. The second-order valence-electron chi connectivity index (χ2n) is 5.05. The van der Waals surface area contributed by atoms with Gasteiger partial charge in [0.25, 0.3) is 0 Å². The van der Waals surface area contributed by atoms with Crippen LogP contribution in [0.4, 0.5) is 4.39 Å². The molecule has 1 aromatic heterocycles. The van der Waals surface area contributed by atoms with Gasteiger partial charge in [-0.1, -0.05) is 6.92 Å². The van der Waals surface area contributed by atoms with Gasteiger partial charge in [0.05, 0.1) is 11.0 Å². The Kier molecular flexibility index (Phi) is 3.66. The van der Waals surface area contributed by atoms with E-state index in [-0.39, 0.29) is 11.7 Å². The summed E-state index contributed by atoms with van der Waals surface area (Å²) in [6, 6.07) is 5.08. The Labute approximate surface area is 107 Å². The summed E-state index contributed by atoms with van der Waals surface area (Å²) in [5.74, 6) is 1.04. The van der Waals surface area contributed by atoms with Crippen molar-refractivity contribution in [1.29, 1.82) is 0 Å². The minimum absolute atomic E-state index is 0.242. The first-order valence-electron chi connectivity index (χ1n) is 6.42. The lowest BCUT2D eigenvalue weighted by molar-refractivity contribution is 0.537. The Morgan fingerprint density at radius 2 is 2.06 bits per heavy atom. The van der Waals surface area contributed by atoms with E-state index in [0.29, 0.717) is 12.6 Å². The van der Waals surface area contributed by atoms with Gasteiger partial charge in [0.15, 0.2) is 0 Å². The van der Waals surface area contributed by atoms with Gasteiger partial charge in [0.1, 0.15) is 11.6 Å². The molecule has 0 radical (unpaired) electrons. The fourth-order valence-electron chi connectivity index (χ4n) is 2.36. The molecule has 0 saturated heterocycles. The first-order chi connectivity index (χ1) is 8.54. The van der Waals surface area contributed by atoms with Gasteiger partial charge in [-0.3, -0.25) is 0 Å². The molecule has 1 unspecified atom stereocenters. The predicted molar refractivity (Wildman–Crippen MR) is 72.2 cm³/mol. The molecule has 0 fully saturated rings. The van der Waals surface area contributed by atoms with Crippen LogP contribution >= 0.6 is 0 Å². The average Bonchev–Trinajstić information content (AvgIpc) is 2.67. The second-order valence-corrected chi connectivity index (χ2v) is 5.05. The molecule has 98 valence electrons. The topological polar surface area (TPSA) is 43.8 Å². The predicted octanol–water partition coefficient (Wildman–Crippen LogP) is 3.21. The summed E-state index contributed by atoms with van der Waals surface area (Å²) in [5, 5.41) is 0. The third-order valence-electron chi connectivity index (χ3n) is 3.24. The van der Waals surface area contributed by atoms with E-state index in [0.717, 1.165) is 23.3 Å². The van der Waals surface area contributed by atoms with Crippen LogP contribution in [0.1, 0.15) is 45.0 Å². The van der Waals surface area contributed by atoms with Crippen LogP contribution in [0, 0.1) is 5.82 Å². The van der Waals surface area contributed by atoms with E-state index in [9.17, 15) is 4.39 Å². The summed E-state index contributed by atoms with van der Waals surface area (Å²) in [5.41, 5.74) is 7.33. The van der Waals surface area contributed by atoms with Crippen molar-refractivity contribution in [1.82, 2.24) is 9.55 Å². The summed E-state index contributed by atoms with van der Waals surface area (Å²) in [6.07, 6.45) is 0.887. The molecular formula is C14H20FN3. The van der Waals surface area contributed by atoms with Gasteiger partial charge in [0.2, 0.25) is 0 Å². The highest BCUT2D eigenvalue weighted by molar-refractivity contribution is 5.76. The quantitative estimate of drug-likeness (QED) is 0.904. The van der Waals surface area contributed by atoms with Crippen molar-refractivity contribution in [2.45, 2.75) is 39.2 Å². The fourth-order valence-corrected chi connectivity index (χ4v) is 2.36. The van der Waals surface area contributed by atoms with Gasteiger partial charge in [-0.15, -0.1) is 0 Å². The van der Waals surface area contributed by atoms with Gasteiger partial charge < -0.3 is 10.3 Å². The Hall–Kier alpha value is -1.42. The van der Waals surface area contributed by atoms with E-state index in [1.807, 2.05) is 0 Å². The van der Waals surface area contributed by atoms with Crippen LogP contribution in [0.5, 0.6) is 0 Å². The zero-order valence-electron chi connectivity index (χ0n) is 11.2. The van der Waals surface area contributed by atoms with E-state index in [2.05, 4.69) is 30.3 Å². The molecule has 0 aliphatic carbocycles. The number of nitrogens with zero attached hydrogens (tertiary/aromatic N) is 2. The van der Waals surface area contributed by atoms with E-state index in [1.165, 1.54) is 12.1 Å². The molecule has 3 nitrogen and oxygen atoms in total. The fraction of sp³-hybridized carbons (Fsp3) is 0.500. The van der Waals surface area contributed by atoms with Crippen LogP contribution in [-0.2, 0) is 0 Å². The highest BCUT2D eigenvalue weighted by Gasteiger charge is 2.18. The summed E-state index contributed by atoms with van der Waals surface area (Å²) in [6.45, 7) is 6.98. The lowest BCUT2D eigenvalue weighted by atomic mass is 10.1. The molecule has 1 heterocycles. The minimum atomic E-state index is -0.242. The Morgan fingerprint density at radius 1 is 1.33 bits per heavy atom. The SMILES string of the molecule is CC(CCN)c1nc2cc(F)ccc2n1C(C)C. The molecule has 0 bridgehead atoms. The second kappa shape index (κ2) is 5.06. The highest BCUT2D eigenvalue weighted by Crippen LogP contribution is 2.27. The molecule has 18 heavy (non-hydrogen) atoms. The van der Waals surface area contributed by atoms with Crippen molar-refractivity contribution >= 4 is 11.0 Å². The molecule has 2 N–H and O–H groups in total. The van der Waals surface area contributed by atoms with E-state index in [1.54, 1.807) is 6.07 Å². The van der Waals surface area contributed by atoms with Crippen LogP contribution in [0.2, 0.25) is 0 Å². The molecule has 0 aliphatic heterocycles. The van der Waals surface area contributed by atoms with Crippen molar-refractivity contribution in [2.75, 3.05) is 6.54 Å². The van der Waals surface area contributed by atoms with E-state index >= 15 is 0 Å². The molecule has 0 amide bonds. The van der Waals surface area contributed by atoms with Crippen molar-refractivity contribution in [2.24, 2.45) is 5.73 Å². The molecule has 0 aliphatic rings. The summed E-state index contributed by atoms with van der Waals surface area (Å²) < 4.78 is 15.4. The largest absolute Gasteiger partial charge is 0.330 e. The molecule has 4 heteroatoms. The Balaban J connectivity index is 2.60.